The molecule has 0 aromatic heterocycles. The molecule has 1 aliphatic rings. The van der Waals surface area contributed by atoms with E-state index in [1.54, 1.807) is 30.4 Å². The highest BCUT2D eigenvalue weighted by Gasteiger charge is 2.19. The fourth-order valence-electron chi connectivity index (χ4n) is 2.10. The first-order valence-electron chi connectivity index (χ1n) is 7.28. The summed E-state index contributed by atoms with van der Waals surface area (Å²) < 4.78 is 5.06. The second-order valence-electron chi connectivity index (χ2n) is 5.00. The molecule has 126 valence electrons. The Bertz CT molecular complexity index is 677. The van der Waals surface area contributed by atoms with E-state index in [2.05, 4.69) is 18.5 Å². The number of thioether (sulfide) groups is 1. The largest absolute Gasteiger partial charge is 0.452 e. The van der Waals surface area contributed by atoms with Gasteiger partial charge in [0.15, 0.2) is 6.61 Å². The van der Waals surface area contributed by atoms with Crippen LogP contribution in [0.5, 0.6) is 0 Å². The Labute approximate surface area is 144 Å². The molecule has 2 amide bonds. The van der Waals surface area contributed by atoms with E-state index in [4.69, 9.17) is 4.74 Å². The third kappa shape index (κ3) is 4.48. The summed E-state index contributed by atoms with van der Waals surface area (Å²) in [5, 5.41) is 2.71. The van der Waals surface area contributed by atoms with Gasteiger partial charge in [0.1, 0.15) is 0 Å². The van der Waals surface area contributed by atoms with Crippen LogP contribution >= 0.6 is 11.8 Å². The summed E-state index contributed by atoms with van der Waals surface area (Å²) in [5.74, 6) is -0.705. The number of benzene rings is 1. The summed E-state index contributed by atoms with van der Waals surface area (Å²) in [4.78, 5) is 37.9. The Morgan fingerprint density at radius 2 is 2.00 bits per heavy atom. The highest BCUT2D eigenvalue weighted by atomic mass is 32.2. The molecular formula is C17H18N2O4S. The molecule has 1 aliphatic heterocycles. The molecule has 1 N–H and O–H groups in total. The van der Waals surface area contributed by atoms with Crippen LogP contribution in [-0.2, 0) is 14.3 Å². The van der Waals surface area contributed by atoms with E-state index in [0.717, 1.165) is 4.90 Å². The van der Waals surface area contributed by atoms with Gasteiger partial charge in [-0.25, -0.2) is 4.79 Å². The molecule has 1 aromatic rings. The van der Waals surface area contributed by atoms with Crippen molar-refractivity contribution >= 4 is 35.2 Å². The van der Waals surface area contributed by atoms with Gasteiger partial charge in [0.25, 0.3) is 5.91 Å². The molecule has 0 unspecified atom stereocenters. The number of hydrogen-bond donors (Lipinski definition) is 1. The number of carbonyl (C=O) groups excluding carboxylic acids is 3. The number of fused-ring (bicyclic) bond motifs is 1. The average Bonchev–Trinajstić information content (AvgIpc) is 2.58. The SMILES string of the molecule is C=CCN(CC=C)C(=O)COC(=O)c1ccc2c(c1)NC(=O)CS2. The number of esters is 1. The molecule has 0 fully saturated rings. The Kier molecular flexibility index (Phi) is 6.20. The summed E-state index contributed by atoms with van der Waals surface area (Å²) in [6.45, 7) is 7.51. The van der Waals surface area contributed by atoms with E-state index in [9.17, 15) is 14.4 Å². The van der Waals surface area contributed by atoms with E-state index in [-0.39, 0.29) is 24.0 Å². The van der Waals surface area contributed by atoms with Crippen LogP contribution < -0.4 is 5.32 Å². The zero-order valence-electron chi connectivity index (χ0n) is 13.1. The molecule has 24 heavy (non-hydrogen) atoms. The van der Waals surface area contributed by atoms with Gasteiger partial charge in [-0.15, -0.1) is 24.9 Å². The number of nitrogens with one attached hydrogen (secondary N) is 1. The minimum absolute atomic E-state index is 0.113. The first-order chi connectivity index (χ1) is 11.5. The van der Waals surface area contributed by atoms with Crippen molar-refractivity contribution < 1.29 is 19.1 Å². The molecule has 0 radical (unpaired) electrons. The van der Waals surface area contributed by atoms with Crippen molar-refractivity contribution in [3.05, 3.63) is 49.1 Å². The van der Waals surface area contributed by atoms with Crippen molar-refractivity contribution in [2.45, 2.75) is 4.90 Å². The van der Waals surface area contributed by atoms with Crippen molar-refractivity contribution in [3.8, 4) is 0 Å². The highest BCUT2D eigenvalue weighted by Crippen LogP contribution is 2.32. The fraction of sp³-hybridized carbons (Fsp3) is 0.235. The molecule has 7 heteroatoms. The summed E-state index contributed by atoms with van der Waals surface area (Å²) >= 11 is 1.41. The molecule has 1 aromatic carbocycles. The van der Waals surface area contributed by atoms with E-state index >= 15 is 0 Å². The zero-order valence-corrected chi connectivity index (χ0v) is 13.9. The van der Waals surface area contributed by atoms with Crippen molar-refractivity contribution in [2.75, 3.05) is 30.8 Å². The minimum atomic E-state index is -0.617. The van der Waals surface area contributed by atoms with Gasteiger partial charge in [-0.1, -0.05) is 12.2 Å². The van der Waals surface area contributed by atoms with Crippen LogP contribution in [0.1, 0.15) is 10.4 Å². The molecular weight excluding hydrogens is 328 g/mol. The Morgan fingerprint density at radius 1 is 1.29 bits per heavy atom. The topological polar surface area (TPSA) is 75.7 Å². The second-order valence-corrected chi connectivity index (χ2v) is 6.02. The van der Waals surface area contributed by atoms with Crippen molar-refractivity contribution in [1.29, 1.82) is 0 Å². The monoisotopic (exact) mass is 346 g/mol. The number of hydrogen-bond acceptors (Lipinski definition) is 5. The maximum absolute atomic E-state index is 12.1. The van der Waals surface area contributed by atoms with Gasteiger partial charge in [-0.05, 0) is 18.2 Å². The Morgan fingerprint density at radius 3 is 2.67 bits per heavy atom. The Hall–Kier alpha value is -2.54. The third-order valence-electron chi connectivity index (χ3n) is 3.23. The van der Waals surface area contributed by atoms with Crippen molar-refractivity contribution in [2.24, 2.45) is 0 Å². The zero-order chi connectivity index (χ0) is 17.5. The van der Waals surface area contributed by atoms with Crippen LogP contribution in [0.3, 0.4) is 0 Å². The van der Waals surface area contributed by atoms with E-state index in [1.165, 1.54) is 16.7 Å². The second kappa shape index (κ2) is 8.35. The number of anilines is 1. The first-order valence-corrected chi connectivity index (χ1v) is 8.27. The quantitative estimate of drug-likeness (QED) is 0.604. The lowest BCUT2D eigenvalue weighted by molar-refractivity contribution is -0.133. The number of ether oxygens (including phenoxy) is 1. The smallest absolute Gasteiger partial charge is 0.338 e. The van der Waals surface area contributed by atoms with Crippen LogP contribution in [0.4, 0.5) is 5.69 Å². The molecule has 1 heterocycles. The van der Waals surface area contributed by atoms with Gasteiger partial charge in [-0.2, -0.15) is 0 Å². The van der Waals surface area contributed by atoms with Crippen LogP contribution in [0.2, 0.25) is 0 Å². The minimum Gasteiger partial charge on any atom is -0.452 e. The molecule has 0 bridgehead atoms. The molecule has 2 rings (SSSR count). The van der Waals surface area contributed by atoms with Gasteiger partial charge < -0.3 is 15.0 Å². The van der Waals surface area contributed by atoms with Crippen molar-refractivity contribution in [1.82, 2.24) is 4.90 Å². The fourth-order valence-corrected chi connectivity index (χ4v) is 2.89. The summed E-state index contributed by atoms with van der Waals surface area (Å²) in [7, 11) is 0. The summed E-state index contributed by atoms with van der Waals surface area (Å²) in [5.41, 5.74) is 0.861. The number of carbonyl (C=O) groups is 3. The number of nitrogens with zero attached hydrogens (tertiary/aromatic N) is 1. The molecule has 6 nitrogen and oxygen atoms in total. The van der Waals surface area contributed by atoms with Crippen LogP contribution in [0.15, 0.2) is 48.4 Å². The molecule has 0 saturated heterocycles. The van der Waals surface area contributed by atoms with Gasteiger partial charge in [0.2, 0.25) is 5.91 Å². The molecule has 0 spiro atoms. The molecule has 0 saturated carbocycles. The standard InChI is InChI=1S/C17H18N2O4S/c1-3-7-19(8-4-2)16(21)10-23-17(22)12-5-6-14-13(9-12)18-15(20)11-24-14/h3-6,9H,1-2,7-8,10-11H2,(H,18,20). The van der Waals surface area contributed by atoms with Crippen LogP contribution in [-0.4, -0.2) is 48.1 Å². The number of rotatable bonds is 7. The van der Waals surface area contributed by atoms with Gasteiger partial charge in [-0.3, -0.25) is 9.59 Å². The third-order valence-corrected chi connectivity index (χ3v) is 4.30. The van der Waals surface area contributed by atoms with E-state index < -0.39 is 5.97 Å². The lowest BCUT2D eigenvalue weighted by Gasteiger charge is -2.19. The van der Waals surface area contributed by atoms with Crippen LogP contribution in [0, 0.1) is 0 Å². The van der Waals surface area contributed by atoms with E-state index in [0.29, 0.717) is 24.5 Å². The summed E-state index contributed by atoms with van der Waals surface area (Å²) in [6, 6.07) is 4.92. The maximum atomic E-state index is 12.1. The predicted octanol–water partition coefficient (Wildman–Crippen LogP) is 2.09. The van der Waals surface area contributed by atoms with Gasteiger partial charge in [0, 0.05) is 18.0 Å². The Balaban J connectivity index is 1.98. The predicted molar refractivity (Wildman–Crippen MR) is 93.1 cm³/mol. The molecule has 0 atom stereocenters. The number of amides is 2. The lowest BCUT2D eigenvalue weighted by atomic mass is 10.2. The maximum Gasteiger partial charge on any atom is 0.338 e. The van der Waals surface area contributed by atoms with Crippen molar-refractivity contribution in [3.63, 3.8) is 0 Å². The van der Waals surface area contributed by atoms with Crippen LogP contribution in [0.25, 0.3) is 0 Å². The average molecular weight is 346 g/mol. The highest BCUT2D eigenvalue weighted by molar-refractivity contribution is 8.00. The lowest BCUT2D eigenvalue weighted by Crippen LogP contribution is -2.35. The van der Waals surface area contributed by atoms with Gasteiger partial charge in [0.05, 0.1) is 17.0 Å². The normalized spacial score (nSPS) is 12.6. The van der Waals surface area contributed by atoms with Gasteiger partial charge >= 0.3 is 5.97 Å². The molecule has 0 aliphatic carbocycles. The van der Waals surface area contributed by atoms with E-state index in [1.807, 2.05) is 0 Å². The summed E-state index contributed by atoms with van der Waals surface area (Å²) in [6.07, 6.45) is 3.18. The first kappa shape index (κ1) is 17.8.